The first-order valence-electron chi connectivity index (χ1n) is 9.22. The Bertz CT molecular complexity index is 1060. The molecule has 1 amide bonds. The van der Waals surface area contributed by atoms with Crippen molar-refractivity contribution in [1.82, 2.24) is 4.98 Å². The Balaban J connectivity index is 1.63. The first-order chi connectivity index (χ1) is 14.9. The molecule has 3 aromatic rings. The van der Waals surface area contributed by atoms with E-state index < -0.39 is 13.7 Å². The highest BCUT2D eigenvalue weighted by molar-refractivity contribution is 7.53. The predicted molar refractivity (Wildman–Crippen MR) is 118 cm³/mol. The Morgan fingerprint density at radius 2 is 1.90 bits per heavy atom. The van der Waals surface area contributed by atoms with Crippen molar-refractivity contribution in [3.8, 4) is 11.5 Å². The maximum Gasteiger partial charge on any atom is 0.333 e. The lowest BCUT2D eigenvalue weighted by Gasteiger charge is -2.19. The molecule has 0 aliphatic carbocycles. The number of rotatable bonds is 10. The van der Waals surface area contributed by atoms with E-state index in [-0.39, 0.29) is 18.7 Å². The van der Waals surface area contributed by atoms with E-state index in [9.17, 15) is 14.5 Å². The number of methoxy groups -OCH3 is 1. The number of benzene rings is 2. The molecule has 0 aliphatic heterocycles. The first kappa shape index (κ1) is 23.2. The number of carbonyl (C=O) groups is 1. The molecule has 3 rings (SSSR count). The van der Waals surface area contributed by atoms with Crippen LogP contribution >= 0.6 is 18.9 Å². The number of hydrogen-bond acceptors (Lipinski definition) is 9. The van der Waals surface area contributed by atoms with Crippen LogP contribution in [0.2, 0.25) is 0 Å². The molecule has 1 aromatic heterocycles. The third-order valence-electron chi connectivity index (χ3n) is 4.42. The number of nitrogens with zero attached hydrogens (tertiary/aromatic N) is 1. The molecule has 1 heterocycles. The average Bonchev–Trinajstić information content (AvgIpc) is 3.19. The van der Waals surface area contributed by atoms with Crippen molar-refractivity contribution in [1.29, 1.82) is 0 Å². The van der Waals surface area contributed by atoms with Gasteiger partial charge in [0, 0.05) is 14.2 Å². The molecule has 2 aromatic carbocycles. The number of fused-ring (bicyclic) bond motifs is 1. The molecule has 31 heavy (non-hydrogen) atoms. The van der Waals surface area contributed by atoms with E-state index in [4.69, 9.17) is 18.5 Å². The van der Waals surface area contributed by atoms with Crippen molar-refractivity contribution >= 4 is 40.2 Å². The number of anilines is 1. The van der Waals surface area contributed by atoms with Crippen LogP contribution < -0.4 is 14.8 Å². The van der Waals surface area contributed by atoms with E-state index in [0.717, 1.165) is 10.2 Å². The standard InChI is InChI=1S/C20H23N2O7PS/c1-26-17-10-13(15(23)12-30(25,27-2)28-3)8-9-16(17)29-11-19(24)22-20-21-14-6-4-5-7-18(14)31-20/h4-10,15,23H,11-12H2,1-3H3,(H,21,22,24). The molecular formula is C20H23N2O7PS. The Morgan fingerprint density at radius 3 is 2.58 bits per heavy atom. The Labute approximate surface area is 183 Å². The number of aliphatic hydroxyl groups excluding tert-OH is 1. The zero-order valence-electron chi connectivity index (χ0n) is 17.2. The molecule has 0 bridgehead atoms. The molecule has 0 radical (unpaired) electrons. The van der Waals surface area contributed by atoms with Gasteiger partial charge in [0.05, 0.1) is 29.6 Å². The number of amides is 1. The van der Waals surface area contributed by atoms with Gasteiger partial charge in [-0.25, -0.2) is 4.98 Å². The second-order valence-electron chi connectivity index (χ2n) is 6.41. The summed E-state index contributed by atoms with van der Waals surface area (Å²) < 4.78 is 33.8. The Hall–Kier alpha value is -2.49. The predicted octanol–water partition coefficient (Wildman–Crippen LogP) is 3.84. The Morgan fingerprint density at radius 1 is 1.16 bits per heavy atom. The fourth-order valence-electron chi connectivity index (χ4n) is 2.78. The molecule has 0 aliphatic rings. The van der Waals surface area contributed by atoms with Crippen LogP contribution in [-0.4, -0.2) is 50.1 Å². The highest BCUT2D eigenvalue weighted by atomic mass is 32.1. The monoisotopic (exact) mass is 466 g/mol. The maximum atomic E-state index is 12.3. The van der Waals surface area contributed by atoms with Gasteiger partial charge < -0.3 is 23.6 Å². The molecule has 11 heteroatoms. The lowest BCUT2D eigenvalue weighted by atomic mass is 10.1. The van der Waals surface area contributed by atoms with Gasteiger partial charge in [0.25, 0.3) is 5.91 Å². The highest BCUT2D eigenvalue weighted by Gasteiger charge is 2.27. The number of carbonyl (C=O) groups excluding carboxylic acids is 1. The van der Waals surface area contributed by atoms with Crippen LogP contribution in [0.4, 0.5) is 5.13 Å². The van der Waals surface area contributed by atoms with Gasteiger partial charge in [-0.15, -0.1) is 0 Å². The lowest BCUT2D eigenvalue weighted by Crippen LogP contribution is -2.20. The number of nitrogens with one attached hydrogen (secondary N) is 1. The Kier molecular flexibility index (Phi) is 7.64. The minimum Gasteiger partial charge on any atom is -0.493 e. The van der Waals surface area contributed by atoms with E-state index in [1.54, 1.807) is 18.2 Å². The maximum absolute atomic E-state index is 12.3. The van der Waals surface area contributed by atoms with Gasteiger partial charge in [0.2, 0.25) is 0 Å². The quantitative estimate of drug-likeness (QED) is 0.433. The van der Waals surface area contributed by atoms with Crippen molar-refractivity contribution in [2.24, 2.45) is 0 Å². The largest absolute Gasteiger partial charge is 0.493 e. The third kappa shape index (κ3) is 5.81. The molecule has 1 atom stereocenters. The SMILES string of the molecule is COc1cc(C(O)CP(=O)(OC)OC)ccc1OCC(=O)Nc1nc2ccccc2s1. The second kappa shape index (κ2) is 10.2. The number of para-hydroxylation sites is 1. The van der Waals surface area contributed by atoms with E-state index >= 15 is 0 Å². The van der Waals surface area contributed by atoms with Gasteiger partial charge >= 0.3 is 7.60 Å². The van der Waals surface area contributed by atoms with Crippen molar-refractivity contribution in [3.63, 3.8) is 0 Å². The summed E-state index contributed by atoms with van der Waals surface area (Å²) in [6, 6.07) is 12.3. The average molecular weight is 466 g/mol. The van der Waals surface area contributed by atoms with Crippen LogP contribution in [0, 0.1) is 0 Å². The number of hydrogen-bond donors (Lipinski definition) is 2. The number of aliphatic hydroxyl groups is 1. The summed E-state index contributed by atoms with van der Waals surface area (Å²) in [5, 5.41) is 13.6. The summed E-state index contributed by atoms with van der Waals surface area (Å²) in [4.78, 5) is 16.6. The van der Waals surface area contributed by atoms with Crippen LogP contribution in [-0.2, 0) is 18.4 Å². The third-order valence-corrected chi connectivity index (χ3v) is 7.28. The summed E-state index contributed by atoms with van der Waals surface area (Å²) in [6.45, 7) is -0.253. The van der Waals surface area contributed by atoms with Crippen LogP contribution in [0.25, 0.3) is 10.2 Å². The molecular weight excluding hydrogens is 443 g/mol. The normalized spacial score (nSPS) is 12.5. The van der Waals surface area contributed by atoms with Gasteiger partial charge in [-0.2, -0.15) is 0 Å². The number of thiazole rings is 1. The van der Waals surface area contributed by atoms with Crippen molar-refractivity contribution in [2.45, 2.75) is 6.10 Å². The lowest BCUT2D eigenvalue weighted by molar-refractivity contribution is -0.118. The minimum absolute atomic E-state index is 0.214. The van der Waals surface area contributed by atoms with Crippen LogP contribution in [0.5, 0.6) is 11.5 Å². The molecule has 0 saturated carbocycles. The van der Waals surface area contributed by atoms with Crippen LogP contribution in [0.3, 0.4) is 0 Å². The molecule has 1 unspecified atom stereocenters. The fourth-order valence-corrected chi connectivity index (χ4v) is 4.74. The fraction of sp³-hybridized carbons (Fsp3) is 0.300. The summed E-state index contributed by atoms with van der Waals surface area (Å²) >= 11 is 1.37. The van der Waals surface area contributed by atoms with E-state index in [2.05, 4.69) is 10.3 Å². The van der Waals surface area contributed by atoms with Gasteiger partial charge in [-0.3, -0.25) is 14.7 Å². The smallest absolute Gasteiger partial charge is 0.333 e. The van der Waals surface area contributed by atoms with Gasteiger partial charge in [-0.1, -0.05) is 29.5 Å². The van der Waals surface area contributed by atoms with Crippen molar-refractivity contribution in [2.75, 3.05) is 39.4 Å². The van der Waals surface area contributed by atoms with Gasteiger partial charge in [-0.05, 0) is 29.8 Å². The molecule has 9 nitrogen and oxygen atoms in total. The molecule has 0 fully saturated rings. The topological polar surface area (TPSA) is 116 Å². The van der Waals surface area contributed by atoms with E-state index in [0.29, 0.717) is 22.2 Å². The minimum atomic E-state index is -3.39. The van der Waals surface area contributed by atoms with E-state index in [1.807, 2.05) is 24.3 Å². The van der Waals surface area contributed by atoms with E-state index in [1.165, 1.54) is 32.7 Å². The van der Waals surface area contributed by atoms with Gasteiger partial charge in [0.15, 0.2) is 23.2 Å². The molecule has 166 valence electrons. The zero-order valence-corrected chi connectivity index (χ0v) is 18.9. The molecule has 2 N–H and O–H groups in total. The first-order valence-corrected chi connectivity index (χ1v) is 11.8. The summed E-state index contributed by atoms with van der Waals surface area (Å²) in [5.41, 5.74) is 1.25. The second-order valence-corrected chi connectivity index (χ2v) is 9.76. The summed E-state index contributed by atoms with van der Waals surface area (Å²) in [7, 11) is 0.566. The van der Waals surface area contributed by atoms with Crippen LogP contribution in [0.15, 0.2) is 42.5 Å². The number of aromatic nitrogens is 1. The van der Waals surface area contributed by atoms with Crippen molar-refractivity contribution in [3.05, 3.63) is 48.0 Å². The molecule has 0 saturated heterocycles. The summed E-state index contributed by atoms with van der Waals surface area (Å²) in [5.74, 6) is 0.264. The number of ether oxygens (including phenoxy) is 2. The zero-order chi connectivity index (χ0) is 22.4. The highest BCUT2D eigenvalue weighted by Crippen LogP contribution is 2.49. The van der Waals surface area contributed by atoms with Crippen molar-refractivity contribution < 1.29 is 33.0 Å². The van der Waals surface area contributed by atoms with Crippen LogP contribution in [0.1, 0.15) is 11.7 Å². The molecule has 0 spiro atoms. The van der Waals surface area contributed by atoms with Gasteiger partial charge in [0.1, 0.15) is 0 Å². The summed E-state index contributed by atoms with van der Waals surface area (Å²) in [6.07, 6.45) is -1.32.